The number of methoxy groups -OCH3 is 1. The maximum Gasteiger partial charge on any atom is 0.305 e. The van der Waals surface area contributed by atoms with E-state index >= 15 is 0 Å². The zero-order chi connectivity index (χ0) is 23.4. The number of hydrazone groups is 1. The van der Waals surface area contributed by atoms with Crippen LogP contribution in [-0.4, -0.2) is 74.4 Å². The van der Waals surface area contributed by atoms with Crippen LogP contribution in [0.5, 0.6) is 5.75 Å². The second kappa shape index (κ2) is 10.1. The number of likely N-dealkylation sites (N-methyl/N-ethyl adjacent to an activating group) is 1. The van der Waals surface area contributed by atoms with Gasteiger partial charge in [-0.1, -0.05) is 36.4 Å². The molecular weight excluding hydrogens is 420 g/mol. The van der Waals surface area contributed by atoms with Crippen molar-refractivity contribution in [3.05, 3.63) is 64.7 Å². The number of ether oxygens (including phenoxy) is 2. The molecule has 1 saturated heterocycles. The summed E-state index contributed by atoms with van der Waals surface area (Å²) in [6.07, 6.45) is 2.00. The van der Waals surface area contributed by atoms with Gasteiger partial charge in [0, 0.05) is 43.2 Å². The molecule has 2 aliphatic rings. The minimum atomic E-state index is -0.624. The highest BCUT2D eigenvalue weighted by Crippen LogP contribution is 2.32. The third kappa shape index (κ3) is 5.58. The summed E-state index contributed by atoms with van der Waals surface area (Å²) in [7, 11) is 3.47. The quantitative estimate of drug-likeness (QED) is 0.408. The Labute approximate surface area is 193 Å². The summed E-state index contributed by atoms with van der Waals surface area (Å²) in [5.41, 5.74) is 9.11. The van der Waals surface area contributed by atoms with E-state index in [9.17, 15) is 9.59 Å². The van der Waals surface area contributed by atoms with Gasteiger partial charge >= 0.3 is 5.97 Å². The number of nitrogens with two attached hydrogens (primary N) is 1. The lowest BCUT2D eigenvalue weighted by atomic mass is 9.90. The fraction of sp³-hybridized carbons (Fsp3) is 0.400. The van der Waals surface area contributed by atoms with Crippen molar-refractivity contribution in [1.82, 2.24) is 9.91 Å². The van der Waals surface area contributed by atoms with E-state index in [-0.39, 0.29) is 24.1 Å². The van der Waals surface area contributed by atoms with Crippen molar-refractivity contribution in [2.45, 2.75) is 19.1 Å². The van der Waals surface area contributed by atoms with Gasteiger partial charge in [-0.25, -0.2) is 0 Å². The largest absolute Gasteiger partial charge is 0.475 e. The number of ketones is 1. The molecule has 8 nitrogen and oxygen atoms in total. The zero-order valence-corrected chi connectivity index (χ0v) is 19.1. The molecule has 0 bridgehead atoms. The van der Waals surface area contributed by atoms with E-state index < -0.39 is 6.23 Å². The Bertz CT molecular complexity index is 1030. The van der Waals surface area contributed by atoms with E-state index in [0.29, 0.717) is 23.3 Å². The topological polar surface area (TPSA) is 97.5 Å². The van der Waals surface area contributed by atoms with Crippen molar-refractivity contribution in [3.63, 3.8) is 0 Å². The Morgan fingerprint density at radius 2 is 1.82 bits per heavy atom. The first-order valence-electron chi connectivity index (χ1n) is 11.2. The smallest absolute Gasteiger partial charge is 0.305 e. The van der Waals surface area contributed by atoms with Crippen LogP contribution in [0.15, 0.2) is 47.6 Å². The molecule has 2 aromatic rings. The van der Waals surface area contributed by atoms with Crippen LogP contribution in [0.25, 0.3) is 0 Å². The number of rotatable bonds is 6. The molecule has 0 aromatic heterocycles. The van der Waals surface area contributed by atoms with Crippen LogP contribution < -0.4 is 10.5 Å². The van der Waals surface area contributed by atoms with Gasteiger partial charge in [0.1, 0.15) is 5.75 Å². The van der Waals surface area contributed by atoms with Gasteiger partial charge in [0.2, 0.25) is 0 Å². The van der Waals surface area contributed by atoms with E-state index in [0.717, 1.165) is 37.3 Å². The van der Waals surface area contributed by atoms with E-state index in [2.05, 4.69) is 22.1 Å². The number of carbonyl (C=O) groups excluding carboxylic acids is 2. The number of fused-ring (bicyclic) bond motifs is 1. The fourth-order valence-corrected chi connectivity index (χ4v) is 4.05. The number of hydrogen-bond acceptors (Lipinski definition) is 8. The Balaban J connectivity index is 1.41. The molecule has 2 atom stereocenters. The predicted octanol–water partition coefficient (Wildman–Crippen LogP) is 1.90. The molecule has 0 saturated carbocycles. The summed E-state index contributed by atoms with van der Waals surface area (Å²) in [6, 6.07) is 12.8. The number of nitrogens with zero attached hydrogens (tertiary/aromatic N) is 3. The standard InChI is InChI=1S/C25H30N4O4/c1-28-9-11-29(12-10-28)27-16-17-3-5-18(6-4-17)24(31)20-8-7-19-13-21(15-23(30)32-2)25(26)33-22(19)14-20/h3-8,14,16,21,25H,9-13,15,26H2,1-2H3. The SMILES string of the molecule is COC(=O)CC1Cc2ccc(C(=O)c3ccc(C=NN4CCN(C)CC4)cc3)cc2OC1N. The predicted molar refractivity (Wildman–Crippen MR) is 125 cm³/mol. The van der Waals surface area contributed by atoms with Crippen molar-refractivity contribution in [2.75, 3.05) is 40.3 Å². The van der Waals surface area contributed by atoms with Gasteiger partial charge in [-0.2, -0.15) is 5.10 Å². The molecule has 2 heterocycles. The molecule has 2 aromatic carbocycles. The van der Waals surface area contributed by atoms with Gasteiger partial charge in [0.15, 0.2) is 12.0 Å². The zero-order valence-electron chi connectivity index (χ0n) is 19.1. The molecule has 2 aliphatic heterocycles. The summed E-state index contributed by atoms with van der Waals surface area (Å²) < 4.78 is 10.6. The van der Waals surface area contributed by atoms with E-state index in [1.54, 1.807) is 12.1 Å². The third-order valence-electron chi connectivity index (χ3n) is 6.22. The second-order valence-electron chi connectivity index (χ2n) is 8.60. The Morgan fingerprint density at radius 3 is 2.52 bits per heavy atom. The van der Waals surface area contributed by atoms with E-state index in [1.165, 1.54) is 7.11 Å². The van der Waals surface area contributed by atoms with Gasteiger partial charge < -0.3 is 14.4 Å². The normalized spacial score (nSPS) is 20.9. The molecule has 0 radical (unpaired) electrons. The molecule has 174 valence electrons. The Morgan fingerprint density at radius 1 is 1.12 bits per heavy atom. The van der Waals surface area contributed by atoms with Crippen LogP contribution in [0, 0.1) is 5.92 Å². The molecule has 2 unspecified atom stereocenters. The highest BCUT2D eigenvalue weighted by atomic mass is 16.5. The van der Waals surface area contributed by atoms with Crippen molar-refractivity contribution < 1.29 is 19.1 Å². The van der Waals surface area contributed by atoms with Gasteiger partial charge in [-0.15, -0.1) is 0 Å². The Kier molecular flexibility index (Phi) is 7.05. The lowest BCUT2D eigenvalue weighted by molar-refractivity contribution is -0.142. The molecule has 33 heavy (non-hydrogen) atoms. The lowest BCUT2D eigenvalue weighted by Gasteiger charge is -2.30. The first-order valence-corrected chi connectivity index (χ1v) is 11.2. The molecule has 0 amide bonds. The number of piperazine rings is 1. The van der Waals surface area contributed by atoms with Crippen molar-refractivity contribution >= 4 is 18.0 Å². The summed E-state index contributed by atoms with van der Waals surface area (Å²) >= 11 is 0. The van der Waals surface area contributed by atoms with Crippen molar-refractivity contribution in [1.29, 1.82) is 0 Å². The van der Waals surface area contributed by atoms with Crippen LogP contribution in [0.3, 0.4) is 0 Å². The van der Waals surface area contributed by atoms with Gasteiger partial charge in [-0.3, -0.25) is 20.3 Å². The Hall–Kier alpha value is -3.23. The van der Waals surface area contributed by atoms with Crippen LogP contribution >= 0.6 is 0 Å². The fourth-order valence-electron chi connectivity index (χ4n) is 4.05. The molecule has 8 heteroatoms. The first-order chi connectivity index (χ1) is 15.9. The van der Waals surface area contributed by atoms with Gasteiger partial charge in [-0.05, 0) is 30.7 Å². The van der Waals surface area contributed by atoms with Gasteiger partial charge in [0.05, 0.1) is 19.7 Å². The third-order valence-corrected chi connectivity index (χ3v) is 6.22. The average Bonchev–Trinajstić information content (AvgIpc) is 2.83. The van der Waals surface area contributed by atoms with Crippen molar-refractivity contribution in [3.8, 4) is 5.75 Å². The minimum Gasteiger partial charge on any atom is -0.475 e. The van der Waals surface area contributed by atoms with E-state index in [4.69, 9.17) is 15.2 Å². The summed E-state index contributed by atoms with van der Waals surface area (Å²) in [6.45, 7) is 3.84. The summed E-state index contributed by atoms with van der Waals surface area (Å²) in [5, 5.41) is 6.61. The number of carbonyl (C=O) groups is 2. The minimum absolute atomic E-state index is 0.0887. The maximum absolute atomic E-state index is 13.0. The van der Waals surface area contributed by atoms with Crippen LogP contribution in [0.1, 0.15) is 33.5 Å². The molecule has 0 aliphatic carbocycles. The number of benzene rings is 2. The highest BCUT2D eigenvalue weighted by molar-refractivity contribution is 6.09. The number of esters is 1. The van der Waals surface area contributed by atoms with Crippen LogP contribution in [-0.2, 0) is 16.0 Å². The van der Waals surface area contributed by atoms with Gasteiger partial charge in [0.25, 0.3) is 0 Å². The summed E-state index contributed by atoms with van der Waals surface area (Å²) in [5.74, 6) is 0.0255. The van der Waals surface area contributed by atoms with Crippen LogP contribution in [0.4, 0.5) is 0 Å². The van der Waals surface area contributed by atoms with E-state index in [1.807, 2.05) is 36.5 Å². The highest BCUT2D eigenvalue weighted by Gasteiger charge is 2.30. The summed E-state index contributed by atoms with van der Waals surface area (Å²) in [4.78, 5) is 26.9. The molecule has 0 spiro atoms. The maximum atomic E-state index is 13.0. The first kappa shape index (κ1) is 22.9. The molecule has 1 fully saturated rings. The molecular formula is C25H30N4O4. The van der Waals surface area contributed by atoms with Crippen LogP contribution in [0.2, 0.25) is 0 Å². The number of hydrogen-bond donors (Lipinski definition) is 1. The molecule has 2 N–H and O–H groups in total. The molecule has 4 rings (SSSR count). The van der Waals surface area contributed by atoms with Crippen molar-refractivity contribution in [2.24, 2.45) is 16.8 Å². The monoisotopic (exact) mass is 450 g/mol. The second-order valence-corrected chi connectivity index (χ2v) is 8.60. The average molecular weight is 451 g/mol. The lowest BCUT2D eigenvalue weighted by Crippen LogP contribution is -2.41.